The van der Waals surface area contributed by atoms with Gasteiger partial charge in [-0.15, -0.1) is 0 Å². The molecule has 2 atom stereocenters. The Kier molecular flexibility index (Phi) is 3.94. The summed E-state index contributed by atoms with van der Waals surface area (Å²) >= 11 is 0. The van der Waals surface area contributed by atoms with Gasteiger partial charge in [-0.2, -0.15) is 0 Å². The van der Waals surface area contributed by atoms with E-state index in [-0.39, 0.29) is 11.8 Å². The van der Waals surface area contributed by atoms with Gasteiger partial charge in [0.1, 0.15) is 0 Å². The van der Waals surface area contributed by atoms with Crippen molar-refractivity contribution in [2.75, 3.05) is 13.2 Å². The molecular weight excluding hydrogens is 234 g/mol. The van der Waals surface area contributed by atoms with Crippen molar-refractivity contribution in [2.45, 2.75) is 12.5 Å². The Bertz CT molecular complexity index is 426. The van der Waals surface area contributed by atoms with Gasteiger partial charge in [-0.05, 0) is 12.0 Å². The van der Waals surface area contributed by atoms with Crippen LogP contribution in [-0.2, 0) is 14.3 Å². The monoisotopic (exact) mass is 249 g/mol. The summed E-state index contributed by atoms with van der Waals surface area (Å²) in [5.41, 5.74) is 0.567. The minimum atomic E-state index is -1.06. The molecule has 1 aromatic carbocycles. The van der Waals surface area contributed by atoms with Gasteiger partial charge in [-0.25, -0.2) is 4.79 Å². The Morgan fingerprint density at radius 1 is 1.33 bits per heavy atom. The average molecular weight is 249 g/mol. The van der Waals surface area contributed by atoms with Crippen molar-refractivity contribution in [3.05, 3.63) is 35.9 Å². The number of amides is 1. The Balaban J connectivity index is 2.07. The third-order valence-corrected chi connectivity index (χ3v) is 2.97. The number of carboxylic acids is 1. The molecule has 5 heteroatoms. The molecule has 0 radical (unpaired) electrons. The normalized spacial score (nSPS) is 20.3. The second-order valence-corrected chi connectivity index (χ2v) is 4.25. The van der Waals surface area contributed by atoms with Crippen LogP contribution in [0.4, 0.5) is 0 Å². The first-order chi connectivity index (χ1) is 8.68. The van der Waals surface area contributed by atoms with Gasteiger partial charge >= 0.3 is 5.97 Å². The van der Waals surface area contributed by atoms with E-state index < -0.39 is 12.0 Å². The first kappa shape index (κ1) is 12.6. The standard InChI is InChI=1S/C13H15NO4/c15-12(10-6-7-18-8-10)14-11(13(16)17)9-4-2-1-3-5-9/h1-5,10-11H,6-8H2,(H,14,15)(H,16,17)/t10?,11-/m0/s1. The summed E-state index contributed by atoms with van der Waals surface area (Å²) in [5, 5.41) is 11.7. The molecule has 0 bridgehead atoms. The fraction of sp³-hybridized carbons (Fsp3) is 0.385. The van der Waals surface area contributed by atoms with Crippen LogP contribution >= 0.6 is 0 Å². The largest absolute Gasteiger partial charge is 0.479 e. The number of carbonyl (C=O) groups is 2. The van der Waals surface area contributed by atoms with Crippen molar-refractivity contribution in [3.8, 4) is 0 Å². The second kappa shape index (κ2) is 5.64. The van der Waals surface area contributed by atoms with Crippen molar-refractivity contribution < 1.29 is 19.4 Å². The van der Waals surface area contributed by atoms with Gasteiger partial charge in [0.15, 0.2) is 6.04 Å². The number of hydrogen-bond acceptors (Lipinski definition) is 3. The zero-order valence-corrected chi connectivity index (χ0v) is 9.83. The zero-order chi connectivity index (χ0) is 13.0. The molecule has 1 heterocycles. The molecule has 1 saturated heterocycles. The molecule has 1 unspecified atom stereocenters. The molecule has 0 aromatic heterocycles. The smallest absolute Gasteiger partial charge is 0.330 e. The van der Waals surface area contributed by atoms with Gasteiger partial charge < -0.3 is 15.2 Å². The van der Waals surface area contributed by atoms with Crippen LogP contribution in [0.1, 0.15) is 18.0 Å². The van der Waals surface area contributed by atoms with Gasteiger partial charge in [-0.1, -0.05) is 30.3 Å². The molecule has 18 heavy (non-hydrogen) atoms. The van der Waals surface area contributed by atoms with Crippen LogP contribution in [0.3, 0.4) is 0 Å². The minimum Gasteiger partial charge on any atom is -0.479 e. The third kappa shape index (κ3) is 2.87. The topological polar surface area (TPSA) is 75.6 Å². The Morgan fingerprint density at radius 3 is 2.61 bits per heavy atom. The zero-order valence-electron chi connectivity index (χ0n) is 9.83. The summed E-state index contributed by atoms with van der Waals surface area (Å²) in [5.74, 6) is -1.56. The summed E-state index contributed by atoms with van der Waals surface area (Å²) in [7, 11) is 0. The SMILES string of the molecule is O=C(N[C@H](C(=O)O)c1ccccc1)C1CCOC1. The van der Waals surface area contributed by atoms with Crippen molar-refractivity contribution in [1.82, 2.24) is 5.32 Å². The summed E-state index contributed by atoms with van der Waals surface area (Å²) in [4.78, 5) is 23.1. The first-order valence-electron chi connectivity index (χ1n) is 5.84. The molecule has 1 amide bonds. The quantitative estimate of drug-likeness (QED) is 0.833. The molecular formula is C13H15NO4. The number of aliphatic carboxylic acids is 1. The Hall–Kier alpha value is -1.88. The van der Waals surface area contributed by atoms with E-state index in [1.54, 1.807) is 30.3 Å². The van der Waals surface area contributed by atoms with Gasteiger partial charge in [0.25, 0.3) is 0 Å². The van der Waals surface area contributed by atoms with Crippen LogP contribution in [0.5, 0.6) is 0 Å². The van der Waals surface area contributed by atoms with Crippen LogP contribution in [0, 0.1) is 5.92 Å². The molecule has 1 aromatic rings. The van der Waals surface area contributed by atoms with E-state index in [1.165, 1.54) is 0 Å². The number of rotatable bonds is 4. The lowest BCUT2D eigenvalue weighted by Gasteiger charge is -2.17. The fourth-order valence-electron chi connectivity index (χ4n) is 1.93. The number of benzene rings is 1. The molecule has 1 aliphatic heterocycles. The van der Waals surface area contributed by atoms with E-state index in [2.05, 4.69) is 5.32 Å². The van der Waals surface area contributed by atoms with Gasteiger partial charge in [0.2, 0.25) is 5.91 Å². The Morgan fingerprint density at radius 2 is 2.06 bits per heavy atom. The van der Waals surface area contributed by atoms with Gasteiger partial charge in [0, 0.05) is 6.61 Å². The van der Waals surface area contributed by atoms with E-state index in [4.69, 9.17) is 4.74 Å². The third-order valence-electron chi connectivity index (χ3n) is 2.97. The molecule has 2 N–H and O–H groups in total. The maximum atomic E-state index is 11.9. The van der Waals surface area contributed by atoms with Crippen molar-refractivity contribution in [2.24, 2.45) is 5.92 Å². The summed E-state index contributed by atoms with van der Waals surface area (Å²) in [6, 6.07) is 7.66. The molecule has 0 saturated carbocycles. The molecule has 0 aliphatic carbocycles. The highest BCUT2D eigenvalue weighted by atomic mass is 16.5. The molecule has 96 valence electrons. The van der Waals surface area contributed by atoms with E-state index >= 15 is 0 Å². The number of carbonyl (C=O) groups excluding carboxylic acids is 1. The van der Waals surface area contributed by atoms with Crippen molar-refractivity contribution >= 4 is 11.9 Å². The van der Waals surface area contributed by atoms with Crippen molar-refractivity contribution in [3.63, 3.8) is 0 Å². The molecule has 1 aliphatic rings. The van der Waals surface area contributed by atoms with Crippen LogP contribution in [0.2, 0.25) is 0 Å². The summed E-state index contributed by atoms with van der Waals surface area (Å²) < 4.78 is 5.12. The number of nitrogens with one attached hydrogen (secondary N) is 1. The Labute approximate surface area is 105 Å². The lowest BCUT2D eigenvalue weighted by Crippen LogP contribution is -2.37. The van der Waals surface area contributed by atoms with E-state index in [0.29, 0.717) is 25.2 Å². The minimum absolute atomic E-state index is 0.240. The lowest BCUT2D eigenvalue weighted by molar-refractivity contribution is -0.142. The molecule has 2 rings (SSSR count). The predicted octanol–water partition coefficient (Wildman–Crippen LogP) is 0.965. The maximum absolute atomic E-state index is 11.9. The fourth-order valence-corrected chi connectivity index (χ4v) is 1.93. The van der Waals surface area contributed by atoms with Crippen LogP contribution < -0.4 is 5.32 Å². The lowest BCUT2D eigenvalue weighted by atomic mass is 10.0. The van der Waals surface area contributed by atoms with E-state index in [1.807, 2.05) is 0 Å². The maximum Gasteiger partial charge on any atom is 0.330 e. The first-order valence-corrected chi connectivity index (χ1v) is 5.84. The summed E-state index contributed by atoms with van der Waals surface area (Å²) in [6.07, 6.45) is 0.646. The number of hydrogen-bond donors (Lipinski definition) is 2. The van der Waals surface area contributed by atoms with Crippen molar-refractivity contribution in [1.29, 1.82) is 0 Å². The number of ether oxygens (including phenoxy) is 1. The second-order valence-electron chi connectivity index (χ2n) is 4.25. The van der Waals surface area contributed by atoms with Gasteiger partial charge in [0.05, 0.1) is 12.5 Å². The average Bonchev–Trinajstić information content (AvgIpc) is 2.90. The van der Waals surface area contributed by atoms with E-state index in [9.17, 15) is 14.7 Å². The molecule has 1 fully saturated rings. The number of carboxylic acid groups (broad SMARTS) is 1. The highest BCUT2D eigenvalue weighted by Gasteiger charge is 2.28. The summed E-state index contributed by atoms with van der Waals surface area (Å²) in [6.45, 7) is 0.925. The predicted molar refractivity (Wildman–Crippen MR) is 63.9 cm³/mol. The van der Waals surface area contributed by atoms with Gasteiger partial charge in [-0.3, -0.25) is 4.79 Å². The molecule has 5 nitrogen and oxygen atoms in total. The van der Waals surface area contributed by atoms with Crippen LogP contribution in [0.15, 0.2) is 30.3 Å². The highest BCUT2D eigenvalue weighted by molar-refractivity contribution is 5.86. The van der Waals surface area contributed by atoms with Crippen LogP contribution in [0.25, 0.3) is 0 Å². The highest BCUT2D eigenvalue weighted by Crippen LogP contribution is 2.17. The molecule has 0 spiro atoms. The van der Waals surface area contributed by atoms with E-state index in [0.717, 1.165) is 0 Å². The van der Waals surface area contributed by atoms with Crippen LogP contribution in [-0.4, -0.2) is 30.2 Å².